The van der Waals surface area contributed by atoms with Crippen LogP contribution in [-0.4, -0.2) is 16.8 Å². The summed E-state index contributed by atoms with van der Waals surface area (Å²) >= 11 is 11.7. The van der Waals surface area contributed by atoms with Gasteiger partial charge < -0.3 is 0 Å². The molecule has 0 saturated carbocycles. The molecular formula is C21H23Cl2F3N2O2. The van der Waals surface area contributed by atoms with Gasteiger partial charge in [-0.1, -0.05) is 57.0 Å². The van der Waals surface area contributed by atoms with E-state index in [1.54, 1.807) is 32.9 Å². The molecular weight excluding hydrogens is 440 g/mol. The fraction of sp³-hybridized carbons (Fsp3) is 0.381. The Bertz CT molecular complexity index is 893. The monoisotopic (exact) mass is 462 g/mol. The number of alkyl halides is 3. The van der Waals surface area contributed by atoms with E-state index in [0.29, 0.717) is 22.2 Å². The summed E-state index contributed by atoms with van der Waals surface area (Å²) in [4.78, 5) is 28.3. The number of benzene rings is 1. The van der Waals surface area contributed by atoms with Crippen LogP contribution in [0.2, 0.25) is 10.0 Å². The largest absolute Gasteiger partial charge is 0.433 e. The Hall–Kier alpha value is -2.12. The van der Waals surface area contributed by atoms with Gasteiger partial charge in [-0.2, -0.15) is 13.2 Å². The molecule has 0 aliphatic rings. The van der Waals surface area contributed by atoms with Crippen molar-refractivity contribution in [3.05, 3.63) is 57.8 Å². The number of halogens is 5. The standard InChI is InChI=1S/C13H15Cl2NO2.C8H8F3N/c1-8(17)16(12(18)13(2,3)4)9-5-6-10(14)11(15)7-9;1-2-6-3-4-7(12-5-6)8(9,10)11/h5-7H,1-4H3;3-5H,2H2,1H3. The summed E-state index contributed by atoms with van der Waals surface area (Å²) in [6.07, 6.45) is -2.37. The summed E-state index contributed by atoms with van der Waals surface area (Å²) in [5, 5.41) is 0.689. The van der Waals surface area contributed by atoms with Crippen molar-refractivity contribution in [3.8, 4) is 0 Å². The average Bonchev–Trinajstić information content (AvgIpc) is 2.63. The fourth-order valence-corrected chi connectivity index (χ4v) is 2.50. The molecule has 1 heterocycles. The van der Waals surface area contributed by atoms with Crippen molar-refractivity contribution in [2.24, 2.45) is 5.41 Å². The number of nitrogens with zero attached hydrogens (tertiary/aromatic N) is 2. The normalized spacial score (nSPS) is 11.4. The molecule has 2 rings (SSSR count). The molecule has 4 nitrogen and oxygen atoms in total. The molecule has 164 valence electrons. The lowest BCUT2D eigenvalue weighted by atomic mass is 9.94. The molecule has 0 radical (unpaired) electrons. The van der Waals surface area contributed by atoms with E-state index in [2.05, 4.69) is 4.98 Å². The summed E-state index contributed by atoms with van der Waals surface area (Å²) in [5.41, 5.74) is -0.253. The van der Waals surface area contributed by atoms with Crippen molar-refractivity contribution in [2.45, 2.75) is 47.2 Å². The molecule has 0 spiro atoms. The number of amides is 2. The highest BCUT2D eigenvalue weighted by atomic mass is 35.5. The van der Waals surface area contributed by atoms with Crippen LogP contribution in [0.4, 0.5) is 18.9 Å². The van der Waals surface area contributed by atoms with E-state index in [-0.39, 0.29) is 11.8 Å². The number of aryl methyl sites for hydroxylation is 1. The molecule has 0 fully saturated rings. The Morgan fingerprint density at radius 2 is 1.63 bits per heavy atom. The Morgan fingerprint density at radius 1 is 1.03 bits per heavy atom. The molecule has 0 bridgehead atoms. The predicted octanol–water partition coefficient (Wildman–Crippen LogP) is 6.58. The summed E-state index contributed by atoms with van der Waals surface area (Å²) in [6.45, 7) is 8.46. The third-order valence-corrected chi connectivity index (χ3v) is 4.58. The lowest BCUT2D eigenvalue weighted by Crippen LogP contribution is -2.42. The van der Waals surface area contributed by atoms with Crippen LogP contribution in [-0.2, 0) is 22.2 Å². The van der Waals surface area contributed by atoms with E-state index in [9.17, 15) is 22.8 Å². The molecule has 2 amide bonds. The number of hydrogen-bond donors (Lipinski definition) is 0. The molecule has 30 heavy (non-hydrogen) atoms. The highest BCUT2D eigenvalue weighted by molar-refractivity contribution is 6.42. The highest BCUT2D eigenvalue weighted by Gasteiger charge is 2.32. The van der Waals surface area contributed by atoms with Crippen molar-refractivity contribution in [1.29, 1.82) is 0 Å². The van der Waals surface area contributed by atoms with Gasteiger partial charge in [-0.25, -0.2) is 0 Å². The topological polar surface area (TPSA) is 50.3 Å². The molecule has 0 N–H and O–H groups in total. The smallest absolute Gasteiger partial charge is 0.274 e. The van der Waals surface area contributed by atoms with Gasteiger partial charge in [0.2, 0.25) is 11.8 Å². The van der Waals surface area contributed by atoms with E-state index in [0.717, 1.165) is 16.5 Å². The second kappa shape index (κ2) is 10.3. The van der Waals surface area contributed by atoms with Crippen LogP contribution in [0.5, 0.6) is 0 Å². The lowest BCUT2D eigenvalue weighted by Gasteiger charge is -2.27. The number of hydrogen-bond acceptors (Lipinski definition) is 3. The Kier molecular flexibility index (Phi) is 8.87. The van der Waals surface area contributed by atoms with Gasteiger partial charge in [0, 0.05) is 18.5 Å². The maximum Gasteiger partial charge on any atom is 0.433 e. The zero-order valence-corrected chi connectivity index (χ0v) is 18.8. The maximum absolute atomic E-state index is 12.2. The van der Waals surface area contributed by atoms with Crippen LogP contribution < -0.4 is 4.90 Å². The van der Waals surface area contributed by atoms with Crippen LogP contribution in [0, 0.1) is 5.41 Å². The number of imide groups is 1. The average molecular weight is 463 g/mol. The Morgan fingerprint density at radius 3 is 2.00 bits per heavy atom. The van der Waals surface area contributed by atoms with Gasteiger partial charge in [-0.05, 0) is 36.2 Å². The summed E-state index contributed by atoms with van der Waals surface area (Å²) in [5.74, 6) is -0.637. The molecule has 1 aromatic carbocycles. The van der Waals surface area contributed by atoms with E-state index in [1.807, 2.05) is 6.92 Å². The Balaban J connectivity index is 0.000000325. The van der Waals surface area contributed by atoms with Gasteiger partial charge in [0.15, 0.2) is 0 Å². The molecule has 2 aromatic rings. The second-order valence-corrected chi connectivity index (χ2v) is 8.23. The van der Waals surface area contributed by atoms with Gasteiger partial charge in [0.1, 0.15) is 5.69 Å². The van der Waals surface area contributed by atoms with Crippen LogP contribution in [0.3, 0.4) is 0 Å². The SMILES string of the molecule is CC(=O)N(C(=O)C(C)(C)C)c1ccc(Cl)c(Cl)c1.CCc1ccc(C(F)(F)F)nc1. The number of rotatable bonds is 2. The van der Waals surface area contributed by atoms with Crippen LogP contribution in [0.25, 0.3) is 0 Å². The number of pyridine rings is 1. The first kappa shape index (κ1) is 25.9. The molecule has 1 aromatic heterocycles. The van der Waals surface area contributed by atoms with E-state index in [4.69, 9.17) is 23.2 Å². The number of carbonyl (C=O) groups is 2. The van der Waals surface area contributed by atoms with Crippen molar-refractivity contribution >= 4 is 40.7 Å². The minimum Gasteiger partial charge on any atom is -0.274 e. The molecule has 0 saturated heterocycles. The second-order valence-electron chi connectivity index (χ2n) is 7.41. The van der Waals surface area contributed by atoms with Crippen molar-refractivity contribution in [3.63, 3.8) is 0 Å². The molecule has 9 heteroatoms. The van der Waals surface area contributed by atoms with E-state index < -0.39 is 17.3 Å². The van der Waals surface area contributed by atoms with Crippen LogP contribution in [0.1, 0.15) is 45.9 Å². The highest BCUT2D eigenvalue weighted by Crippen LogP contribution is 2.30. The number of carbonyl (C=O) groups excluding carboxylic acids is 2. The molecule has 0 aliphatic heterocycles. The third kappa shape index (κ3) is 7.29. The zero-order chi connectivity index (χ0) is 23.3. The molecule has 0 aliphatic carbocycles. The first-order chi connectivity index (χ1) is 13.7. The number of aromatic nitrogens is 1. The Labute approximate surface area is 184 Å². The molecule has 0 unspecified atom stereocenters. The van der Waals surface area contributed by atoms with Gasteiger partial charge in [-0.15, -0.1) is 0 Å². The van der Waals surface area contributed by atoms with Gasteiger partial charge in [0.25, 0.3) is 0 Å². The quantitative estimate of drug-likeness (QED) is 0.506. The summed E-state index contributed by atoms with van der Waals surface area (Å²) in [7, 11) is 0. The minimum absolute atomic E-state index is 0.284. The lowest BCUT2D eigenvalue weighted by molar-refractivity contribution is -0.141. The van der Waals surface area contributed by atoms with Crippen LogP contribution in [0.15, 0.2) is 36.5 Å². The van der Waals surface area contributed by atoms with Crippen molar-refractivity contribution in [2.75, 3.05) is 4.90 Å². The van der Waals surface area contributed by atoms with Crippen molar-refractivity contribution in [1.82, 2.24) is 4.98 Å². The first-order valence-corrected chi connectivity index (χ1v) is 9.76. The predicted molar refractivity (Wildman–Crippen MR) is 113 cm³/mol. The fourth-order valence-electron chi connectivity index (χ4n) is 2.20. The van der Waals surface area contributed by atoms with Crippen molar-refractivity contribution < 1.29 is 22.8 Å². The summed E-state index contributed by atoms with van der Waals surface area (Å²) in [6, 6.07) is 7.11. The van der Waals surface area contributed by atoms with Gasteiger partial charge >= 0.3 is 6.18 Å². The zero-order valence-electron chi connectivity index (χ0n) is 17.3. The van der Waals surface area contributed by atoms with E-state index in [1.165, 1.54) is 25.3 Å². The summed E-state index contributed by atoms with van der Waals surface area (Å²) < 4.78 is 35.9. The molecule has 0 atom stereocenters. The first-order valence-electron chi connectivity index (χ1n) is 9.00. The minimum atomic E-state index is -4.33. The van der Waals surface area contributed by atoms with Gasteiger partial charge in [0.05, 0.1) is 15.7 Å². The van der Waals surface area contributed by atoms with Gasteiger partial charge in [-0.3, -0.25) is 19.5 Å². The van der Waals surface area contributed by atoms with E-state index >= 15 is 0 Å². The number of anilines is 1. The maximum atomic E-state index is 12.2. The van der Waals surface area contributed by atoms with Crippen LogP contribution >= 0.6 is 23.2 Å². The third-order valence-electron chi connectivity index (χ3n) is 3.84.